The third-order valence-electron chi connectivity index (χ3n) is 3.37. The predicted molar refractivity (Wildman–Crippen MR) is 70.2 cm³/mol. The van der Waals surface area contributed by atoms with Crippen LogP contribution < -0.4 is 10.6 Å². The van der Waals surface area contributed by atoms with Gasteiger partial charge >= 0.3 is 0 Å². The number of halogens is 1. The molecule has 1 aromatic rings. The van der Waals surface area contributed by atoms with Gasteiger partial charge in [0, 0.05) is 12.1 Å². The summed E-state index contributed by atoms with van der Waals surface area (Å²) in [6.45, 7) is 0. The number of hydrogen-bond acceptors (Lipinski definition) is 2. The minimum absolute atomic E-state index is 0.574. The highest BCUT2D eigenvalue weighted by molar-refractivity contribution is 6.33. The van der Waals surface area contributed by atoms with Crippen molar-refractivity contribution in [1.29, 1.82) is 0 Å². The van der Waals surface area contributed by atoms with Crippen LogP contribution in [0.3, 0.4) is 0 Å². The van der Waals surface area contributed by atoms with Crippen LogP contribution in [0.15, 0.2) is 24.3 Å². The molecule has 0 bridgehead atoms. The Labute approximate surface area is 102 Å². The van der Waals surface area contributed by atoms with Crippen LogP contribution in [0.2, 0.25) is 5.02 Å². The number of rotatable bonds is 3. The zero-order valence-electron chi connectivity index (χ0n) is 9.67. The van der Waals surface area contributed by atoms with E-state index < -0.39 is 0 Å². The molecule has 1 fully saturated rings. The first-order valence-electron chi connectivity index (χ1n) is 5.98. The van der Waals surface area contributed by atoms with Crippen molar-refractivity contribution in [3.8, 4) is 0 Å². The monoisotopic (exact) mass is 238 g/mol. The number of nitrogens with one attached hydrogen (secondary N) is 2. The molecule has 2 nitrogen and oxygen atoms in total. The fourth-order valence-electron chi connectivity index (χ4n) is 2.32. The maximum atomic E-state index is 6.12. The lowest BCUT2D eigenvalue weighted by molar-refractivity contribution is 0.371. The number of anilines is 1. The van der Waals surface area contributed by atoms with Gasteiger partial charge in [-0.2, -0.15) is 0 Å². The summed E-state index contributed by atoms with van der Waals surface area (Å²) in [5.74, 6) is 0. The van der Waals surface area contributed by atoms with E-state index in [2.05, 4.69) is 10.6 Å². The smallest absolute Gasteiger partial charge is 0.0637 e. The lowest BCUT2D eigenvalue weighted by Gasteiger charge is -2.29. The van der Waals surface area contributed by atoms with Gasteiger partial charge in [0.2, 0.25) is 0 Å². The van der Waals surface area contributed by atoms with Crippen LogP contribution in [0, 0.1) is 0 Å². The molecule has 0 radical (unpaired) electrons. The van der Waals surface area contributed by atoms with E-state index in [9.17, 15) is 0 Å². The van der Waals surface area contributed by atoms with Crippen molar-refractivity contribution in [2.24, 2.45) is 0 Å². The highest BCUT2D eigenvalue weighted by Gasteiger charge is 2.19. The van der Waals surface area contributed by atoms with Gasteiger partial charge in [-0.1, -0.05) is 23.7 Å². The number of benzene rings is 1. The Morgan fingerprint density at radius 3 is 2.31 bits per heavy atom. The summed E-state index contributed by atoms with van der Waals surface area (Å²) < 4.78 is 0. The van der Waals surface area contributed by atoms with Crippen molar-refractivity contribution in [2.45, 2.75) is 37.8 Å². The summed E-state index contributed by atoms with van der Waals surface area (Å²) in [7, 11) is 2.05. The van der Waals surface area contributed by atoms with Crippen molar-refractivity contribution >= 4 is 17.3 Å². The van der Waals surface area contributed by atoms with Gasteiger partial charge in [-0.25, -0.2) is 0 Å². The average Bonchev–Trinajstić information content (AvgIpc) is 2.33. The van der Waals surface area contributed by atoms with Crippen LogP contribution in [0.1, 0.15) is 25.7 Å². The molecule has 1 saturated carbocycles. The topological polar surface area (TPSA) is 24.1 Å². The summed E-state index contributed by atoms with van der Waals surface area (Å²) in [6, 6.07) is 9.24. The van der Waals surface area contributed by atoms with Gasteiger partial charge in [0.05, 0.1) is 10.7 Å². The fourth-order valence-corrected chi connectivity index (χ4v) is 2.51. The molecular formula is C13H19ClN2. The van der Waals surface area contributed by atoms with E-state index >= 15 is 0 Å². The van der Waals surface area contributed by atoms with E-state index in [-0.39, 0.29) is 0 Å². The SMILES string of the molecule is CNC1CCC(Nc2ccccc2Cl)CC1. The molecule has 1 aliphatic carbocycles. The molecule has 3 heteroatoms. The molecule has 2 rings (SSSR count). The summed E-state index contributed by atoms with van der Waals surface area (Å²) in [5.41, 5.74) is 1.07. The number of para-hydroxylation sites is 1. The van der Waals surface area contributed by atoms with Crippen LogP contribution in [0.5, 0.6) is 0 Å². The molecule has 0 spiro atoms. The summed E-state index contributed by atoms with van der Waals surface area (Å²) in [5, 5.41) is 7.70. The highest BCUT2D eigenvalue weighted by atomic mass is 35.5. The summed E-state index contributed by atoms with van der Waals surface area (Å²) in [6.07, 6.45) is 4.94. The largest absolute Gasteiger partial charge is 0.381 e. The lowest BCUT2D eigenvalue weighted by Crippen LogP contribution is -2.34. The standard InChI is InChI=1S/C13H19ClN2/c1-15-10-6-8-11(9-7-10)16-13-5-3-2-4-12(13)14/h2-5,10-11,15-16H,6-9H2,1H3. The molecule has 16 heavy (non-hydrogen) atoms. The third-order valence-corrected chi connectivity index (χ3v) is 3.70. The van der Waals surface area contributed by atoms with Crippen molar-refractivity contribution in [3.63, 3.8) is 0 Å². The molecule has 2 N–H and O–H groups in total. The molecule has 0 atom stereocenters. The molecule has 0 saturated heterocycles. The molecule has 0 aromatic heterocycles. The Balaban J connectivity index is 1.89. The molecule has 0 amide bonds. The molecule has 0 unspecified atom stereocenters. The second-order valence-corrected chi connectivity index (χ2v) is 4.87. The first-order chi connectivity index (χ1) is 7.79. The van der Waals surface area contributed by atoms with Crippen molar-refractivity contribution in [1.82, 2.24) is 5.32 Å². The van der Waals surface area contributed by atoms with Crippen molar-refractivity contribution < 1.29 is 0 Å². The van der Waals surface area contributed by atoms with E-state index in [0.717, 1.165) is 10.7 Å². The zero-order chi connectivity index (χ0) is 11.4. The highest BCUT2D eigenvalue weighted by Crippen LogP contribution is 2.26. The van der Waals surface area contributed by atoms with Gasteiger partial charge in [0.15, 0.2) is 0 Å². The molecule has 0 heterocycles. The average molecular weight is 239 g/mol. The maximum Gasteiger partial charge on any atom is 0.0637 e. The van der Waals surface area contributed by atoms with Crippen LogP contribution in [-0.4, -0.2) is 19.1 Å². The Morgan fingerprint density at radius 1 is 1.06 bits per heavy atom. The van der Waals surface area contributed by atoms with E-state index in [4.69, 9.17) is 11.6 Å². The molecule has 88 valence electrons. The Kier molecular flexibility index (Phi) is 4.08. The van der Waals surface area contributed by atoms with E-state index in [1.54, 1.807) is 0 Å². The third kappa shape index (κ3) is 2.89. The first kappa shape index (κ1) is 11.7. The zero-order valence-corrected chi connectivity index (χ0v) is 10.4. The van der Waals surface area contributed by atoms with Gasteiger partial charge in [0.25, 0.3) is 0 Å². The fraction of sp³-hybridized carbons (Fsp3) is 0.538. The molecule has 1 aromatic carbocycles. The molecular weight excluding hydrogens is 220 g/mol. The summed E-state index contributed by atoms with van der Waals surface area (Å²) in [4.78, 5) is 0. The normalized spacial score (nSPS) is 25.4. The van der Waals surface area contributed by atoms with E-state index in [1.165, 1.54) is 25.7 Å². The minimum Gasteiger partial charge on any atom is -0.381 e. The van der Waals surface area contributed by atoms with E-state index in [0.29, 0.717) is 12.1 Å². The van der Waals surface area contributed by atoms with Gasteiger partial charge in [-0.15, -0.1) is 0 Å². The van der Waals surface area contributed by atoms with Crippen molar-refractivity contribution in [3.05, 3.63) is 29.3 Å². The second-order valence-electron chi connectivity index (χ2n) is 4.46. The maximum absolute atomic E-state index is 6.12. The van der Waals surface area contributed by atoms with Gasteiger partial charge in [-0.05, 0) is 44.9 Å². The van der Waals surface area contributed by atoms with Gasteiger partial charge < -0.3 is 10.6 Å². The number of hydrogen-bond donors (Lipinski definition) is 2. The second kappa shape index (κ2) is 5.55. The molecule has 1 aliphatic rings. The first-order valence-corrected chi connectivity index (χ1v) is 6.35. The van der Waals surface area contributed by atoms with E-state index in [1.807, 2.05) is 31.3 Å². The van der Waals surface area contributed by atoms with Crippen LogP contribution in [0.4, 0.5) is 5.69 Å². The Bertz CT molecular complexity index is 332. The summed E-state index contributed by atoms with van der Waals surface area (Å²) >= 11 is 6.12. The van der Waals surface area contributed by atoms with Crippen molar-refractivity contribution in [2.75, 3.05) is 12.4 Å². The quantitative estimate of drug-likeness (QED) is 0.845. The predicted octanol–water partition coefficient (Wildman–Crippen LogP) is 3.28. The van der Waals surface area contributed by atoms with Gasteiger partial charge in [-0.3, -0.25) is 0 Å². The van der Waals surface area contributed by atoms with Crippen LogP contribution in [0.25, 0.3) is 0 Å². The van der Waals surface area contributed by atoms with Crippen LogP contribution >= 0.6 is 11.6 Å². The van der Waals surface area contributed by atoms with Crippen LogP contribution in [-0.2, 0) is 0 Å². The lowest BCUT2D eigenvalue weighted by atomic mass is 9.91. The minimum atomic E-state index is 0.574. The van der Waals surface area contributed by atoms with Gasteiger partial charge in [0.1, 0.15) is 0 Å². The molecule has 0 aliphatic heterocycles. The Hall–Kier alpha value is -0.730. The Morgan fingerprint density at radius 2 is 1.69 bits per heavy atom.